The maximum Gasteiger partial charge on any atom is 0.0927 e. The first-order valence-corrected chi connectivity index (χ1v) is 5.34. The van der Waals surface area contributed by atoms with Crippen molar-refractivity contribution in [1.29, 1.82) is 5.26 Å². The van der Waals surface area contributed by atoms with Crippen LogP contribution in [0.3, 0.4) is 0 Å². The molecule has 1 N–H and O–H groups in total. The average Bonchev–Trinajstić information content (AvgIpc) is 2.61. The molecule has 0 saturated carbocycles. The third kappa shape index (κ3) is 2.83. The van der Waals surface area contributed by atoms with Crippen molar-refractivity contribution in [2.45, 2.75) is 32.9 Å². The molecule has 0 aliphatic rings. The topological polar surface area (TPSA) is 35.8 Å². The first-order chi connectivity index (χ1) is 6.27. The molecule has 1 aromatic rings. The summed E-state index contributed by atoms with van der Waals surface area (Å²) in [6.07, 6.45) is 1.07. The minimum absolute atomic E-state index is 0.0631. The number of hydrogen-bond acceptors (Lipinski definition) is 3. The fraction of sp³-hybridized carbons (Fsp3) is 0.500. The van der Waals surface area contributed by atoms with Gasteiger partial charge in [-0.15, -0.1) is 11.3 Å². The molecule has 1 heterocycles. The Morgan fingerprint density at radius 1 is 1.69 bits per heavy atom. The van der Waals surface area contributed by atoms with Crippen LogP contribution in [0.1, 0.15) is 24.3 Å². The van der Waals surface area contributed by atoms with Gasteiger partial charge in [0.15, 0.2) is 0 Å². The fourth-order valence-electron chi connectivity index (χ4n) is 1.13. The molecule has 0 aliphatic heterocycles. The fourth-order valence-corrected chi connectivity index (χ4v) is 2.06. The van der Waals surface area contributed by atoms with E-state index >= 15 is 0 Å². The predicted molar refractivity (Wildman–Crippen MR) is 55.6 cm³/mol. The van der Waals surface area contributed by atoms with E-state index in [9.17, 15) is 0 Å². The lowest BCUT2D eigenvalue weighted by Crippen LogP contribution is -2.23. The van der Waals surface area contributed by atoms with Gasteiger partial charge in [0.05, 0.1) is 12.1 Å². The summed E-state index contributed by atoms with van der Waals surface area (Å²) in [5.74, 6) is 0. The van der Waals surface area contributed by atoms with Gasteiger partial charge in [0.25, 0.3) is 0 Å². The van der Waals surface area contributed by atoms with E-state index in [0.29, 0.717) is 0 Å². The van der Waals surface area contributed by atoms with Crippen LogP contribution in [0.5, 0.6) is 0 Å². The molecule has 1 aromatic heterocycles. The van der Waals surface area contributed by atoms with Crippen molar-refractivity contribution in [3.05, 3.63) is 21.9 Å². The summed E-state index contributed by atoms with van der Waals surface area (Å²) in [6.45, 7) is 4.84. The summed E-state index contributed by atoms with van der Waals surface area (Å²) < 4.78 is 0. The predicted octanol–water partition coefficient (Wildman–Crippen LogP) is 2.31. The summed E-state index contributed by atoms with van der Waals surface area (Å²) in [5.41, 5.74) is 1.39. The quantitative estimate of drug-likeness (QED) is 0.798. The summed E-state index contributed by atoms with van der Waals surface area (Å²) in [7, 11) is 0. The summed E-state index contributed by atoms with van der Waals surface area (Å²) in [6, 6.07) is 4.25. The lowest BCUT2D eigenvalue weighted by Gasteiger charge is -2.05. The Morgan fingerprint density at radius 3 is 3.08 bits per heavy atom. The number of hydrogen-bond donors (Lipinski definition) is 1. The number of rotatable bonds is 4. The van der Waals surface area contributed by atoms with E-state index in [1.807, 2.05) is 6.92 Å². The van der Waals surface area contributed by atoms with E-state index in [0.717, 1.165) is 13.0 Å². The molecule has 0 bridgehead atoms. The van der Waals surface area contributed by atoms with Crippen LogP contribution >= 0.6 is 11.3 Å². The number of nitrogens with zero attached hydrogens (tertiary/aromatic N) is 1. The van der Waals surface area contributed by atoms with Gasteiger partial charge in [-0.3, -0.25) is 5.32 Å². The van der Waals surface area contributed by atoms with Crippen LogP contribution in [0.25, 0.3) is 0 Å². The minimum atomic E-state index is -0.0631. The standard InChI is InChI=1S/C10H14N2S/c1-3-9-4-5-13-10(9)7-12-8(2)6-11/h4-5,8,12H,3,7H2,1-2H3. The van der Waals surface area contributed by atoms with Gasteiger partial charge in [-0.1, -0.05) is 6.92 Å². The second kappa shape index (κ2) is 5.00. The van der Waals surface area contributed by atoms with Crippen molar-refractivity contribution in [2.75, 3.05) is 0 Å². The summed E-state index contributed by atoms with van der Waals surface area (Å²) in [4.78, 5) is 1.35. The smallest absolute Gasteiger partial charge is 0.0927 e. The molecule has 0 radical (unpaired) electrons. The highest BCUT2D eigenvalue weighted by atomic mass is 32.1. The monoisotopic (exact) mass is 194 g/mol. The zero-order valence-corrected chi connectivity index (χ0v) is 8.82. The molecule has 0 fully saturated rings. The molecule has 1 atom stereocenters. The van der Waals surface area contributed by atoms with Crippen LogP contribution in [-0.4, -0.2) is 6.04 Å². The highest BCUT2D eigenvalue weighted by molar-refractivity contribution is 7.10. The van der Waals surface area contributed by atoms with Crippen molar-refractivity contribution in [3.8, 4) is 6.07 Å². The van der Waals surface area contributed by atoms with Crippen molar-refractivity contribution in [1.82, 2.24) is 5.32 Å². The first kappa shape index (κ1) is 10.2. The van der Waals surface area contributed by atoms with Crippen molar-refractivity contribution >= 4 is 11.3 Å². The molecule has 0 spiro atoms. The van der Waals surface area contributed by atoms with Crippen LogP contribution in [0.15, 0.2) is 11.4 Å². The van der Waals surface area contributed by atoms with E-state index in [2.05, 4.69) is 29.8 Å². The van der Waals surface area contributed by atoms with Gasteiger partial charge in [-0.05, 0) is 30.4 Å². The summed E-state index contributed by atoms with van der Waals surface area (Å²) >= 11 is 1.75. The second-order valence-corrected chi connectivity index (χ2v) is 3.95. The molecule has 13 heavy (non-hydrogen) atoms. The first-order valence-electron chi connectivity index (χ1n) is 4.46. The Labute approximate surface area is 83.2 Å². The zero-order chi connectivity index (χ0) is 9.68. The van der Waals surface area contributed by atoms with Crippen LogP contribution in [0.2, 0.25) is 0 Å². The normalized spacial score (nSPS) is 12.4. The van der Waals surface area contributed by atoms with E-state index in [-0.39, 0.29) is 6.04 Å². The highest BCUT2D eigenvalue weighted by Gasteiger charge is 2.03. The average molecular weight is 194 g/mol. The Hall–Kier alpha value is -0.850. The molecule has 0 aliphatic carbocycles. The van der Waals surface area contributed by atoms with Crippen LogP contribution in [0.4, 0.5) is 0 Å². The molecule has 0 aromatic carbocycles. The van der Waals surface area contributed by atoms with E-state index < -0.39 is 0 Å². The molecule has 1 unspecified atom stereocenters. The van der Waals surface area contributed by atoms with Gasteiger partial charge in [0.1, 0.15) is 0 Å². The van der Waals surface area contributed by atoms with Crippen molar-refractivity contribution in [3.63, 3.8) is 0 Å². The largest absolute Gasteiger partial charge is 0.297 e. The number of nitrogens with one attached hydrogen (secondary N) is 1. The van der Waals surface area contributed by atoms with Crippen molar-refractivity contribution < 1.29 is 0 Å². The minimum Gasteiger partial charge on any atom is -0.297 e. The Balaban J connectivity index is 2.50. The van der Waals surface area contributed by atoms with E-state index in [1.165, 1.54) is 10.4 Å². The van der Waals surface area contributed by atoms with Gasteiger partial charge in [-0.25, -0.2) is 0 Å². The van der Waals surface area contributed by atoms with Crippen LogP contribution < -0.4 is 5.32 Å². The summed E-state index contributed by atoms with van der Waals surface area (Å²) in [5, 5.41) is 13.8. The molecular formula is C10H14N2S. The highest BCUT2D eigenvalue weighted by Crippen LogP contribution is 2.16. The van der Waals surface area contributed by atoms with Gasteiger partial charge in [-0.2, -0.15) is 5.26 Å². The Bertz CT molecular complexity index is 298. The van der Waals surface area contributed by atoms with Gasteiger partial charge in [0.2, 0.25) is 0 Å². The maximum atomic E-state index is 8.58. The molecule has 70 valence electrons. The molecule has 3 heteroatoms. The molecule has 2 nitrogen and oxygen atoms in total. The Kier molecular flexibility index (Phi) is 3.94. The lowest BCUT2D eigenvalue weighted by molar-refractivity contribution is 0.645. The van der Waals surface area contributed by atoms with Gasteiger partial charge < -0.3 is 0 Å². The second-order valence-electron chi connectivity index (χ2n) is 2.95. The van der Waals surface area contributed by atoms with Gasteiger partial charge >= 0.3 is 0 Å². The molecule has 1 rings (SSSR count). The van der Waals surface area contributed by atoms with Crippen LogP contribution in [-0.2, 0) is 13.0 Å². The lowest BCUT2D eigenvalue weighted by atomic mass is 10.2. The maximum absolute atomic E-state index is 8.58. The number of aryl methyl sites for hydroxylation is 1. The number of thiophene rings is 1. The third-order valence-electron chi connectivity index (χ3n) is 1.98. The van der Waals surface area contributed by atoms with Gasteiger partial charge in [0, 0.05) is 11.4 Å². The SMILES string of the molecule is CCc1ccsc1CNC(C)C#N. The zero-order valence-electron chi connectivity index (χ0n) is 8.00. The van der Waals surface area contributed by atoms with E-state index in [4.69, 9.17) is 5.26 Å². The molecule has 0 saturated heterocycles. The van der Waals surface area contributed by atoms with Crippen molar-refractivity contribution in [2.24, 2.45) is 0 Å². The van der Waals surface area contributed by atoms with E-state index in [1.54, 1.807) is 11.3 Å². The van der Waals surface area contributed by atoms with Crippen LogP contribution in [0, 0.1) is 11.3 Å². The molecular weight excluding hydrogens is 180 g/mol. The Morgan fingerprint density at radius 2 is 2.46 bits per heavy atom. The third-order valence-corrected chi connectivity index (χ3v) is 2.94. The number of nitriles is 1. The molecule has 0 amide bonds.